The molecule has 0 spiro atoms. The fourth-order valence-electron chi connectivity index (χ4n) is 2.36. The van der Waals surface area contributed by atoms with Crippen LogP contribution < -0.4 is 10.6 Å². The van der Waals surface area contributed by atoms with Gasteiger partial charge in [0.2, 0.25) is 5.91 Å². The van der Waals surface area contributed by atoms with Gasteiger partial charge in [0.15, 0.2) is 0 Å². The monoisotopic (exact) mass is 299 g/mol. The molecule has 1 heterocycles. The number of likely N-dealkylation sites (tertiary alicyclic amines) is 1. The van der Waals surface area contributed by atoms with Crippen molar-refractivity contribution in [1.82, 2.24) is 15.5 Å². The highest BCUT2D eigenvalue weighted by Gasteiger charge is 2.25. The van der Waals surface area contributed by atoms with E-state index < -0.39 is 12.0 Å². The molecule has 120 valence electrons. The molecule has 1 atom stereocenters. The number of amides is 3. The Morgan fingerprint density at radius 3 is 2.52 bits per heavy atom. The molecular formula is C14H25N3O4. The van der Waals surface area contributed by atoms with Gasteiger partial charge in [-0.1, -0.05) is 0 Å². The smallest absolute Gasteiger partial charge is 0.321 e. The number of carbonyl (C=O) groups excluding carboxylic acids is 2. The van der Waals surface area contributed by atoms with Crippen LogP contribution in [0.3, 0.4) is 0 Å². The highest BCUT2D eigenvalue weighted by atomic mass is 16.4. The molecule has 0 aromatic carbocycles. The van der Waals surface area contributed by atoms with E-state index in [0.29, 0.717) is 18.9 Å². The number of hydrogen-bond donors (Lipinski definition) is 3. The van der Waals surface area contributed by atoms with Crippen LogP contribution in [0, 0.1) is 5.92 Å². The molecule has 1 unspecified atom stereocenters. The molecule has 0 aromatic rings. The molecule has 7 heteroatoms. The highest BCUT2D eigenvalue weighted by molar-refractivity contribution is 5.95. The molecule has 0 radical (unpaired) electrons. The van der Waals surface area contributed by atoms with Gasteiger partial charge in [0.05, 0.1) is 6.54 Å². The quantitative estimate of drug-likeness (QED) is 0.697. The summed E-state index contributed by atoms with van der Waals surface area (Å²) in [5.74, 6) is -0.807. The summed E-state index contributed by atoms with van der Waals surface area (Å²) < 4.78 is 0. The first kappa shape index (κ1) is 17.4. The van der Waals surface area contributed by atoms with E-state index in [1.165, 1.54) is 0 Å². The van der Waals surface area contributed by atoms with Gasteiger partial charge < -0.3 is 10.4 Å². The summed E-state index contributed by atoms with van der Waals surface area (Å²) >= 11 is 0. The first-order chi connectivity index (χ1) is 9.65. The predicted octanol–water partition coefficient (Wildman–Crippen LogP) is 0.797. The van der Waals surface area contributed by atoms with Gasteiger partial charge in [0, 0.05) is 18.5 Å². The number of aliphatic carboxylic acids is 1. The fourth-order valence-corrected chi connectivity index (χ4v) is 2.36. The maximum absolute atomic E-state index is 11.8. The van der Waals surface area contributed by atoms with Gasteiger partial charge in [-0.15, -0.1) is 0 Å². The number of imide groups is 1. The van der Waals surface area contributed by atoms with E-state index in [-0.39, 0.29) is 24.4 Å². The summed E-state index contributed by atoms with van der Waals surface area (Å²) in [6.45, 7) is 7.15. The zero-order valence-electron chi connectivity index (χ0n) is 12.9. The zero-order valence-corrected chi connectivity index (χ0v) is 12.9. The molecule has 1 aliphatic rings. The normalized spacial score (nSPS) is 19.3. The number of rotatable bonds is 5. The van der Waals surface area contributed by atoms with Gasteiger partial charge in [0.25, 0.3) is 0 Å². The van der Waals surface area contributed by atoms with Crippen molar-refractivity contribution in [2.45, 2.75) is 45.6 Å². The van der Waals surface area contributed by atoms with Crippen molar-refractivity contribution in [2.75, 3.05) is 19.6 Å². The molecule has 1 saturated heterocycles. The Balaban J connectivity index is 2.27. The number of carbonyl (C=O) groups is 3. The lowest BCUT2D eigenvalue weighted by Crippen LogP contribution is -2.50. The number of nitrogens with zero attached hydrogens (tertiary/aromatic N) is 1. The summed E-state index contributed by atoms with van der Waals surface area (Å²) in [6.07, 6.45) is 1.70. The predicted molar refractivity (Wildman–Crippen MR) is 77.8 cm³/mol. The maximum atomic E-state index is 11.8. The van der Waals surface area contributed by atoms with E-state index in [0.717, 1.165) is 13.0 Å². The lowest BCUT2D eigenvalue weighted by atomic mass is 10.0. The van der Waals surface area contributed by atoms with E-state index in [1.807, 2.05) is 25.7 Å². The lowest BCUT2D eigenvalue weighted by Gasteiger charge is -2.21. The van der Waals surface area contributed by atoms with Crippen molar-refractivity contribution >= 4 is 17.9 Å². The lowest BCUT2D eigenvalue weighted by molar-refractivity contribution is -0.137. The third kappa shape index (κ3) is 7.65. The maximum Gasteiger partial charge on any atom is 0.321 e. The van der Waals surface area contributed by atoms with Gasteiger partial charge in [-0.2, -0.15) is 0 Å². The average Bonchev–Trinajstić information content (AvgIpc) is 2.70. The van der Waals surface area contributed by atoms with Gasteiger partial charge in [-0.3, -0.25) is 19.8 Å². The third-order valence-corrected chi connectivity index (χ3v) is 3.25. The van der Waals surface area contributed by atoms with E-state index in [9.17, 15) is 14.4 Å². The van der Waals surface area contributed by atoms with E-state index in [2.05, 4.69) is 10.6 Å². The van der Waals surface area contributed by atoms with Crippen molar-refractivity contribution < 1.29 is 19.5 Å². The summed E-state index contributed by atoms with van der Waals surface area (Å²) in [5, 5.41) is 13.6. The molecule has 1 fully saturated rings. The van der Waals surface area contributed by atoms with Crippen LogP contribution in [0.25, 0.3) is 0 Å². The summed E-state index contributed by atoms with van der Waals surface area (Å²) in [7, 11) is 0. The Morgan fingerprint density at radius 1 is 1.29 bits per heavy atom. The van der Waals surface area contributed by atoms with Crippen LogP contribution in [0.15, 0.2) is 0 Å². The molecule has 3 N–H and O–H groups in total. The third-order valence-electron chi connectivity index (χ3n) is 3.25. The SMILES string of the molecule is CC(C)(C)NC(=O)NC(=O)CN1CCC(CCC(=O)O)C1. The molecule has 21 heavy (non-hydrogen) atoms. The second kappa shape index (κ2) is 7.40. The van der Waals surface area contributed by atoms with Crippen molar-refractivity contribution in [3.8, 4) is 0 Å². The summed E-state index contributed by atoms with van der Waals surface area (Å²) in [5.41, 5.74) is -0.389. The number of carboxylic acids is 1. The molecule has 0 aliphatic carbocycles. The summed E-state index contributed by atoms with van der Waals surface area (Å²) in [6, 6.07) is -0.492. The Morgan fingerprint density at radius 2 is 1.95 bits per heavy atom. The minimum Gasteiger partial charge on any atom is -0.481 e. The van der Waals surface area contributed by atoms with Crippen LogP contribution in [0.5, 0.6) is 0 Å². The van der Waals surface area contributed by atoms with Gasteiger partial charge >= 0.3 is 12.0 Å². The largest absolute Gasteiger partial charge is 0.481 e. The number of nitrogens with one attached hydrogen (secondary N) is 2. The molecule has 0 aromatic heterocycles. The zero-order chi connectivity index (χ0) is 16.0. The minimum absolute atomic E-state index is 0.165. The number of urea groups is 1. The highest BCUT2D eigenvalue weighted by Crippen LogP contribution is 2.20. The molecule has 3 amide bonds. The van der Waals surface area contributed by atoms with Crippen LogP contribution in [-0.2, 0) is 9.59 Å². The van der Waals surface area contributed by atoms with Crippen molar-refractivity contribution in [1.29, 1.82) is 0 Å². The van der Waals surface area contributed by atoms with Crippen LogP contribution in [0.4, 0.5) is 4.79 Å². The standard InChI is InChI=1S/C14H25N3O4/c1-14(2,3)16-13(21)15-11(18)9-17-7-6-10(8-17)4-5-12(19)20/h10H,4-9H2,1-3H3,(H,19,20)(H2,15,16,18,21). The summed E-state index contributed by atoms with van der Waals surface area (Å²) in [4.78, 5) is 35.8. The van der Waals surface area contributed by atoms with Crippen molar-refractivity contribution in [3.63, 3.8) is 0 Å². The first-order valence-electron chi connectivity index (χ1n) is 7.22. The average molecular weight is 299 g/mol. The van der Waals surface area contributed by atoms with Gasteiger partial charge in [0.1, 0.15) is 0 Å². The fraction of sp³-hybridized carbons (Fsp3) is 0.786. The van der Waals surface area contributed by atoms with E-state index >= 15 is 0 Å². The van der Waals surface area contributed by atoms with Crippen LogP contribution in [0.2, 0.25) is 0 Å². The van der Waals surface area contributed by atoms with Crippen LogP contribution >= 0.6 is 0 Å². The molecule has 1 rings (SSSR count). The second-order valence-corrected chi connectivity index (χ2v) is 6.57. The van der Waals surface area contributed by atoms with E-state index in [1.54, 1.807) is 0 Å². The Hall–Kier alpha value is -1.63. The van der Waals surface area contributed by atoms with Gasteiger partial charge in [-0.05, 0) is 46.1 Å². The topological polar surface area (TPSA) is 98.7 Å². The number of hydrogen-bond acceptors (Lipinski definition) is 4. The Kier molecular flexibility index (Phi) is 6.14. The molecule has 0 saturated carbocycles. The number of carboxylic acid groups (broad SMARTS) is 1. The second-order valence-electron chi connectivity index (χ2n) is 6.57. The molecule has 7 nitrogen and oxygen atoms in total. The van der Waals surface area contributed by atoms with Crippen LogP contribution in [0.1, 0.15) is 40.0 Å². The molecule has 0 bridgehead atoms. The molecule has 1 aliphatic heterocycles. The Bertz CT molecular complexity index is 404. The minimum atomic E-state index is -0.787. The van der Waals surface area contributed by atoms with Gasteiger partial charge in [-0.25, -0.2) is 4.79 Å². The Labute approximate surface area is 125 Å². The van der Waals surface area contributed by atoms with Crippen molar-refractivity contribution in [2.24, 2.45) is 5.92 Å². The van der Waals surface area contributed by atoms with Crippen LogP contribution in [-0.4, -0.2) is 53.1 Å². The van der Waals surface area contributed by atoms with E-state index in [4.69, 9.17) is 5.11 Å². The first-order valence-corrected chi connectivity index (χ1v) is 7.22. The van der Waals surface area contributed by atoms with Crippen molar-refractivity contribution in [3.05, 3.63) is 0 Å². The molecular weight excluding hydrogens is 274 g/mol.